The zero-order valence-electron chi connectivity index (χ0n) is 7.67. The van der Waals surface area contributed by atoms with E-state index in [1.54, 1.807) is 0 Å². The van der Waals surface area contributed by atoms with Crippen LogP contribution in [0.1, 0.15) is 25.1 Å². The monoisotopic (exact) mass is 162 g/mol. The van der Waals surface area contributed by atoms with E-state index in [1.807, 2.05) is 23.9 Å². The summed E-state index contributed by atoms with van der Waals surface area (Å²) in [6.45, 7) is 11.6. The highest BCUT2D eigenvalue weighted by atomic mass is 15.3. The molecular formula is C10H14N2. The average molecular weight is 162 g/mol. The Kier molecular flexibility index (Phi) is 2.48. The Morgan fingerprint density at radius 2 is 2.42 bits per heavy atom. The molecular weight excluding hydrogens is 148 g/mol. The molecule has 12 heavy (non-hydrogen) atoms. The van der Waals surface area contributed by atoms with Crippen LogP contribution in [-0.4, -0.2) is 9.78 Å². The van der Waals surface area contributed by atoms with Crippen molar-refractivity contribution >= 4 is 11.8 Å². The van der Waals surface area contributed by atoms with Gasteiger partial charge >= 0.3 is 0 Å². The summed E-state index contributed by atoms with van der Waals surface area (Å²) in [7, 11) is 0. The van der Waals surface area contributed by atoms with Gasteiger partial charge in [0.25, 0.3) is 0 Å². The molecule has 64 valence electrons. The van der Waals surface area contributed by atoms with Gasteiger partial charge in [-0.2, -0.15) is 5.10 Å². The van der Waals surface area contributed by atoms with Gasteiger partial charge < -0.3 is 0 Å². The molecule has 2 nitrogen and oxygen atoms in total. The van der Waals surface area contributed by atoms with E-state index in [9.17, 15) is 0 Å². The van der Waals surface area contributed by atoms with Gasteiger partial charge in [0, 0.05) is 5.70 Å². The fourth-order valence-corrected chi connectivity index (χ4v) is 1.19. The summed E-state index contributed by atoms with van der Waals surface area (Å²) < 4.78 is 1.81. The molecule has 1 aromatic rings. The predicted molar refractivity (Wildman–Crippen MR) is 52.7 cm³/mol. The van der Waals surface area contributed by atoms with Crippen molar-refractivity contribution in [2.45, 2.75) is 20.3 Å². The molecule has 0 aliphatic heterocycles. The molecule has 1 rings (SSSR count). The highest BCUT2D eigenvalue weighted by molar-refractivity contribution is 5.53. The molecule has 0 bridgehead atoms. The average Bonchev–Trinajstić information content (AvgIpc) is 2.46. The van der Waals surface area contributed by atoms with E-state index in [0.29, 0.717) is 0 Å². The molecule has 0 fully saturated rings. The number of allylic oxidation sites excluding steroid dienone is 1. The third-order valence-corrected chi connectivity index (χ3v) is 1.82. The third-order valence-electron chi connectivity index (χ3n) is 1.82. The van der Waals surface area contributed by atoms with Crippen LogP contribution in [0.15, 0.2) is 19.4 Å². The summed E-state index contributed by atoms with van der Waals surface area (Å²) in [5.41, 5.74) is 3.20. The largest absolute Gasteiger partial charge is 0.238 e. The maximum absolute atomic E-state index is 4.20. The summed E-state index contributed by atoms with van der Waals surface area (Å²) in [6.07, 6.45) is 4.67. The van der Waals surface area contributed by atoms with Gasteiger partial charge in [-0.3, -0.25) is 0 Å². The van der Waals surface area contributed by atoms with Crippen molar-refractivity contribution in [3.05, 3.63) is 30.6 Å². The minimum Gasteiger partial charge on any atom is -0.238 e. The summed E-state index contributed by atoms with van der Waals surface area (Å²) in [5, 5.41) is 4.20. The van der Waals surface area contributed by atoms with Crippen molar-refractivity contribution in [1.29, 1.82) is 0 Å². The minimum absolute atomic E-state index is 0.921. The maximum atomic E-state index is 4.20. The summed E-state index contributed by atoms with van der Waals surface area (Å²) in [4.78, 5) is 0. The fraction of sp³-hybridized carbons (Fsp3) is 0.300. The second kappa shape index (κ2) is 3.39. The molecule has 0 amide bonds. The summed E-state index contributed by atoms with van der Waals surface area (Å²) >= 11 is 0. The summed E-state index contributed by atoms with van der Waals surface area (Å²) in [6, 6.07) is 0. The van der Waals surface area contributed by atoms with Gasteiger partial charge in [-0.1, -0.05) is 20.1 Å². The normalized spacial score (nSPS) is 9.83. The molecule has 0 N–H and O–H groups in total. The molecule has 0 aromatic carbocycles. The van der Waals surface area contributed by atoms with Crippen LogP contribution in [0.25, 0.3) is 11.8 Å². The number of hydrogen-bond acceptors (Lipinski definition) is 1. The molecule has 1 aromatic heterocycles. The zero-order valence-corrected chi connectivity index (χ0v) is 7.67. The van der Waals surface area contributed by atoms with Gasteiger partial charge in [0.2, 0.25) is 0 Å². The van der Waals surface area contributed by atoms with Crippen LogP contribution in [0.3, 0.4) is 0 Å². The van der Waals surface area contributed by atoms with Crippen LogP contribution < -0.4 is 0 Å². The van der Waals surface area contributed by atoms with Gasteiger partial charge in [-0.25, -0.2) is 4.68 Å². The Bertz CT molecular complexity index is 308. The smallest absolute Gasteiger partial charge is 0.0690 e. The highest BCUT2D eigenvalue weighted by Gasteiger charge is 2.05. The first kappa shape index (κ1) is 8.78. The molecule has 0 atom stereocenters. The first-order chi connectivity index (χ1) is 5.70. The molecule has 0 saturated heterocycles. The van der Waals surface area contributed by atoms with E-state index in [4.69, 9.17) is 0 Å². The number of hydrogen-bond donors (Lipinski definition) is 0. The lowest BCUT2D eigenvalue weighted by Gasteiger charge is -2.02. The van der Waals surface area contributed by atoms with E-state index in [1.165, 1.54) is 5.56 Å². The Morgan fingerprint density at radius 3 is 2.83 bits per heavy atom. The van der Waals surface area contributed by atoms with E-state index < -0.39 is 0 Å². The molecule has 0 aliphatic rings. The van der Waals surface area contributed by atoms with Gasteiger partial charge in [-0.15, -0.1) is 0 Å². The second-order valence-corrected chi connectivity index (χ2v) is 2.76. The van der Waals surface area contributed by atoms with Crippen molar-refractivity contribution in [3.8, 4) is 0 Å². The quantitative estimate of drug-likeness (QED) is 0.668. The van der Waals surface area contributed by atoms with E-state index in [0.717, 1.165) is 17.8 Å². The topological polar surface area (TPSA) is 17.8 Å². The van der Waals surface area contributed by atoms with Crippen molar-refractivity contribution in [2.75, 3.05) is 0 Å². The Morgan fingerprint density at radius 1 is 1.75 bits per heavy atom. The molecule has 2 heteroatoms. The number of aryl methyl sites for hydroxylation is 1. The lowest BCUT2D eigenvalue weighted by Crippen LogP contribution is -1.97. The summed E-state index contributed by atoms with van der Waals surface area (Å²) in [5.74, 6) is 0. The number of aromatic nitrogens is 2. The second-order valence-electron chi connectivity index (χ2n) is 2.76. The lowest BCUT2D eigenvalue weighted by molar-refractivity contribution is 0.887. The maximum Gasteiger partial charge on any atom is 0.0690 e. The molecule has 0 unspecified atom stereocenters. The fourth-order valence-electron chi connectivity index (χ4n) is 1.19. The van der Waals surface area contributed by atoms with Crippen molar-refractivity contribution in [3.63, 3.8) is 0 Å². The van der Waals surface area contributed by atoms with Crippen molar-refractivity contribution in [2.24, 2.45) is 0 Å². The van der Waals surface area contributed by atoms with Gasteiger partial charge in [-0.05, 0) is 25.0 Å². The Hall–Kier alpha value is -1.31. The zero-order chi connectivity index (χ0) is 9.14. The van der Waals surface area contributed by atoms with Crippen LogP contribution >= 0.6 is 0 Å². The number of nitrogens with zero attached hydrogens (tertiary/aromatic N) is 2. The van der Waals surface area contributed by atoms with Crippen LogP contribution in [-0.2, 0) is 6.42 Å². The first-order valence-corrected chi connectivity index (χ1v) is 4.06. The van der Waals surface area contributed by atoms with E-state index in [-0.39, 0.29) is 0 Å². The first-order valence-electron chi connectivity index (χ1n) is 4.06. The minimum atomic E-state index is 0.921. The predicted octanol–water partition coefficient (Wildman–Crippen LogP) is 2.58. The van der Waals surface area contributed by atoms with Gasteiger partial charge in [0.05, 0.1) is 11.9 Å². The third kappa shape index (κ3) is 1.33. The van der Waals surface area contributed by atoms with Crippen molar-refractivity contribution in [1.82, 2.24) is 9.78 Å². The Balaban J connectivity index is 3.22. The Labute approximate surface area is 73.2 Å². The SMILES string of the molecule is C=Cc1c(CC)cnn1C(=C)C. The van der Waals surface area contributed by atoms with Crippen LogP contribution in [0.4, 0.5) is 0 Å². The van der Waals surface area contributed by atoms with E-state index >= 15 is 0 Å². The van der Waals surface area contributed by atoms with Gasteiger partial charge in [0.1, 0.15) is 0 Å². The van der Waals surface area contributed by atoms with Gasteiger partial charge in [0.15, 0.2) is 0 Å². The number of rotatable bonds is 3. The van der Waals surface area contributed by atoms with Crippen molar-refractivity contribution < 1.29 is 0 Å². The van der Waals surface area contributed by atoms with E-state index in [2.05, 4.69) is 25.2 Å². The lowest BCUT2D eigenvalue weighted by atomic mass is 10.2. The molecule has 0 saturated carbocycles. The highest BCUT2D eigenvalue weighted by Crippen LogP contribution is 2.13. The molecule has 0 spiro atoms. The molecule has 0 radical (unpaired) electrons. The van der Waals surface area contributed by atoms with Crippen LogP contribution in [0.5, 0.6) is 0 Å². The molecule has 0 aliphatic carbocycles. The molecule has 1 heterocycles. The standard InChI is InChI=1S/C10H14N2/c1-5-9-7-11-12(8(3)4)10(9)6-2/h6-7H,2-3,5H2,1,4H3. The van der Waals surface area contributed by atoms with Crippen LogP contribution in [0.2, 0.25) is 0 Å². The van der Waals surface area contributed by atoms with Crippen LogP contribution in [0, 0.1) is 0 Å².